The second-order valence-corrected chi connectivity index (χ2v) is 7.12. The van der Waals surface area contributed by atoms with Crippen LogP contribution in [0.3, 0.4) is 0 Å². The number of ether oxygens (including phenoxy) is 1. The van der Waals surface area contributed by atoms with E-state index >= 15 is 0 Å². The van der Waals surface area contributed by atoms with Gasteiger partial charge in [-0.25, -0.2) is 4.79 Å². The van der Waals surface area contributed by atoms with Crippen LogP contribution in [0.25, 0.3) is 0 Å². The summed E-state index contributed by atoms with van der Waals surface area (Å²) >= 11 is 0. The number of carbonyl (C=O) groups excluding carboxylic acids is 1. The maximum Gasteiger partial charge on any atom is 0.315 e. The zero-order chi connectivity index (χ0) is 16.2. The van der Waals surface area contributed by atoms with Gasteiger partial charge in [-0.15, -0.1) is 0 Å². The molecule has 1 saturated carbocycles. The van der Waals surface area contributed by atoms with Crippen LogP contribution in [0.2, 0.25) is 0 Å². The summed E-state index contributed by atoms with van der Waals surface area (Å²) in [4.78, 5) is 12.2. The molecule has 1 aromatic rings. The molecule has 0 radical (unpaired) electrons. The van der Waals surface area contributed by atoms with Crippen molar-refractivity contribution >= 4 is 6.03 Å². The van der Waals surface area contributed by atoms with E-state index in [9.17, 15) is 4.79 Å². The number of urea groups is 1. The number of aryl methyl sites for hydroxylation is 1. The maximum atomic E-state index is 12.2. The van der Waals surface area contributed by atoms with Crippen molar-refractivity contribution in [2.75, 3.05) is 6.61 Å². The lowest BCUT2D eigenvalue weighted by molar-refractivity contribution is -0.00917. The lowest BCUT2D eigenvalue weighted by atomic mass is 10.00. The predicted molar refractivity (Wildman–Crippen MR) is 91.5 cm³/mol. The summed E-state index contributed by atoms with van der Waals surface area (Å²) in [7, 11) is 0. The van der Waals surface area contributed by atoms with Gasteiger partial charge in [0, 0.05) is 18.7 Å². The van der Waals surface area contributed by atoms with Crippen LogP contribution in [-0.4, -0.2) is 30.8 Å². The summed E-state index contributed by atoms with van der Waals surface area (Å²) in [5, 5.41) is 6.20. The van der Waals surface area contributed by atoms with Gasteiger partial charge in [-0.3, -0.25) is 0 Å². The van der Waals surface area contributed by atoms with Crippen LogP contribution in [-0.2, 0) is 11.2 Å². The Kier molecular flexibility index (Phi) is 5.21. The highest BCUT2D eigenvalue weighted by molar-refractivity contribution is 5.74. The van der Waals surface area contributed by atoms with Crippen LogP contribution in [0.4, 0.5) is 4.79 Å². The molecule has 1 aliphatic carbocycles. The fourth-order valence-corrected chi connectivity index (χ4v) is 3.43. The molecule has 4 heteroatoms. The molecule has 0 unspecified atom stereocenters. The Labute approximate surface area is 139 Å². The molecule has 4 nitrogen and oxygen atoms in total. The third-order valence-corrected chi connectivity index (χ3v) is 4.96. The van der Waals surface area contributed by atoms with Crippen molar-refractivity contribution in [1.29, 1.82) is 0 Å². The minimum Gasteiger partial charge on any atom is -0.378 e. The number of hydrogen-bond donors (Lipinski definition) is 2. The molecule has 2 amide bonds. The Bertz CT molecular complexity index is 542. The van der Waals surface area contributed by atoms with Crippen molar-refractivity contribution in [2.45, 2.75) is 64.1 Å². The highest BCUT2D eigenvalue weighted by Crippen LogP contribution is 2.38. The van der Waals surface area contributed by atoms with Crippen LogP contribution in [0.5, 0.6) is 0 Å². The Morgan fingerprint density at radius 3 is 2.83 bits per heavy atom. The molecule has 2 aliphatic rings. The fourth-order valence-electron chi connectivity index (χ4n) is 3.43. The molecular weight excluding hydrogens is 288 g/mol. The smallest absolute Gasteiger partial charge is 0.315 e. The third kappa shape index (κ3) is 4.71. The molecule has 1 heterocycles. The van der Waals surface area contributed by atoms with Gasteiger partial charge >= 0.3 is 6.03 Å². The largest absolute Gasteiger partial charge is 0.378 e. The normalized spacial score (nSPS) is 25.7. The third-order valence-electron chi connectivity index (χ3n) is 4.96. The average molecular weight is 316 g/mol. The van der Waals surface area contributed by atoms with Crippen molar-refractivity contribution in [3.63, 3.8) is 0 Å². The zero-order valence-corrected chi connectivity index (χ0v) is 14.2. The lowest BCUT2D eigenvalue weighted by Gasteiger charge is -2.30. The van der Waals surface area contributed by atoms with Gasteiger partial charge in [0.05, 0.1) is 6.10 Å². The van der Waals surface area contributed by atoms with Gasteiger partial charge in [-0.1, -0.05) is 24.3 Å². The number of nitrogens with one attached hydrogen (secondary N) is 2. The standard InChI is InChI=1S/C19H28N2O2/c1-13-5-3-4-6-16(13)11-14(2)20-19(22)21-17-9-10-23-18(12-17)15-7-8-15/h3-6,14-15,17-18H,7-12H2,1-2H3,(H2,20,21,22)/t14-,17-,18-/m0/s1. The molecule has 1 aromatic carbocycles. The van der Waals surface area contributed by atoms with Gasteiger partial charge in [-0.05, 0) is 63.0 Å². The lowest BCUT2D eigenvalue weighted by Crippen LogP contribution is -2.49. The topological polar surface area (TPSA) is 50.4 Å². The Balaban J connectivity index is 1.44. The van der Waals surface area contributed by atoms with E-state index in [0.717, 1.165) is 31.8 Å². The van der Waals surface area contributed by atoms with E-state index in [1.165, 1.54) is 24.0 Å². The second kappa shape index (κ2) is 7.35. The van der Waals surface area contributed by atoms with E-state index in [1.54, 1.807) is 0 Å². The van der Waals surface area contributed by atoms with E-state index in [1.807, 2.05) is 6.07 Å². The molecular formula is C19H28N2O2. The van der Waals surface area contributed by atoms with E-state index < -0.39 is 0 Å². The van der Waals surface area contributed by atoms with Crippen LogP contribution in [0.1, 0.15) is 43.7 Å². The molecule has 0 spiro atoms. The predicted octanol–water partition coefficient (Wildman–Crippen LogP) is 3.18. The molecule has 0 aromatic heterocycles. The van der Waals surface area contributed by atoms with Crippen molar-refractivity contribution in [3.8, 4) is 0 Å². The van der Waals surface area contributed by atoms with Gasteiger partial charge < -0.3 is 15.4 Å². The fraction of sp³-hybridized carbons (Fsp3) is 0.632. The first-order valence-electron chi connectivity index (χ1n) is 8.85. The summed E-state index contributed by atoms with van der Waals surface area (Å²) in [5.41, 5.74) is 2.57. The van der Waals surface area contributed by atoms with E-state index in [4.69, 9.17) is 4.74 Å². The summed E-state index contributed by atoms with van der Waals surface area (Å²) in [6.07, 6.45) is 5.68. The number of hydrogen-bond acceptors (Lipinski definition) is 2. The SMILES string of the molecule is Cc1ccccc1C[C@H](C)NC(=O)N[C@H]1CCO[C@H](C2CC2)C1. The Hall–Kier alpha value is -1.55. The molecule has 3 atom stereocenters. The molecule has 0 bridgehead atoms. The van der Waals surface area contributed by atoms with Gasteiger partial charge in [0.15, 0.2) is 0 Å². The molecule has 1 saturated heterocycles. The second-order valence-electron chi connectivity index (χ2n) is 7.12. The monoisotopic (exact) mass is 316 g/mol. The Morgan fingerprint density at radius 1 is 1.30 bits per heavy atom. The van der Waals surface area contributed by atoms with Gasteiger partial charge in [0.1, 0.15) is 0 Å². The van der Waals surface area contributed by atoms with E-state index in [2.05, 4.69) is 42.7 Å². The minimum absolute atomic E-state index is 0.0486. The number of carbonyl (C=O) groups is 1. The van der Waals surface area contributed by atoms with Crippen molar-refractivity contribution in [1.82, 2.24) is 10.6 Å². The first-order valence-corrected chi connectivity index (χ1v) is 8.85. The summed E-state index contributed by atoms with van der Waals surface area (Å²) < 4.78 is 5.82. The first-order chi connectivity index (χ1) is 11.1. The Morgan fingerprint density at radius 2 is 2.09 bits per heavy atom. The van der Waals surface area contributed by atoms with Crippen LogP contribution in [0.15, 0.2) is 24.3 Å². The van der Waals surface area contributed by atoms with Gasteiger partial charge in [-0.2, -0.15) is 0 Å². The molecule has 23 heavy (non-hydrogen) atoms. The number of amides is 2. The summed E-state index contributed by atoms with van der Waals surface area (Å²) in [6.45, 7) is 4.94. The van der Waals surface area contributed by atoms with Gasteiger partial charge in [0.25, 0.3) is 0 Å². The van der Waals surface area contributed by atoms with Gasteiger partial charge in [0.2, 0.25) is 0 Å². The summed E-state index contributed by atoms with van der Waals surface area (Å²) in [5.74, 6) is 0.739. The maximum absolute atomic E-state index is 12.2. The van der Waals surface area contributed by atoms with Crippen LogP contribution >= 0.6 is 0 Å². The van der Waals surface area contributed by atoms with E-state index in [0.29, 0.717) is 6.10 Å². The van der Waals surface area contributed by atoms with Crippen LogP contribution in [0, 0.1) is 12.8 Å². The highest BCUT2D eigenvalue weighted by Gasteiger charge is 2.36. The summed E-state index contributed by atoms with van der Waals surface area (Å²) in [6, 6.07) is 8.66. The minimum atomic E-state index is -0.0486. The molecule has 2 fully saturated rings. The highest BCUT2D eigenvalue weighted by atomic mass is 16.5. The average Bonchev–Trinajstić information content (AvgIpc) is 3.34. The molecule has 126 valence electrons. The quantitative estimate of drug-likeness (QED) is 0.876. The first kappa shape index (κ1) is 16.3. The molecule has 1 aliphatic heterocycles. The number of rotatable bonds is 5. The molecule has 2 N–H and O–H groups in total. The molecule has 3 rings (SSSR count). The van der Waals surface area contributed by atoms with Crippen LogP contribution < -0.4 is 10.6 Å². The van der Waals surface area contributed by atoms with E-state index in [-0.39, 0.29) is 18.1 Å². The van der Waals surface area contributed by atoms with Crippen molar-refractivity contribution in [3.05, 3.63) is 35.4 Å². The van der Waals surface area contributed by atoms with Crippen molar-refractivity contribution in [2.24, 2.45) is 5.92 Å². The zero-order valence-electron chi connectivity index (χ0n) is 14.2. The van der Waals surface area contributed by atoms with Crippen molar-refractivity contribution < 1.29 is 9.53 Å². The number of benzene rings is 1.